The van der Waals surface area contributed by atoms with Crippen molar-refractivity contribution in [1.29, 1.82) is 0 Å². The molecule has 0 spiro atoms. The Morgan fingerprint density at radius 2 is 1.79 bits per heavy atom. The van der Waals surface area contributed by atoms with Crippen LogP contribution in [0.4, 0.5) is 0 Å². The van der Waals surface area contributed by atoms with Crippen molar-refractivity contribution in [2.24, 2.45) is 0 Å². The highest BCUT2D eigenvalue weighted by atomic mass is 35.5. The van der Waals surface area contributed by atoms with E-state index < -0.39 is 21.8 Å². The van der Waals surface area contributed by atoms with Crippen LogP contribution >= 0.6 is 11.6 Å². The molecule has 1 atom stereocenters. The fraction of sp³-hybridized carbons (Fsp3) is 0.375. The zero-order chi connectivity index (χ0) is 17.7. The van der Waals surface area contributed by atoms with Crippen molar-refractivity contribution in [2.75, 3.05) is 24.6 Å². The Morgan fingerprint density at radius 3 is 2.38 bits per heavy atom. The normalized spacial score (nSPS) is 18.3. The van der Waals surface area contributed by atoms with Crippen molar-refractivity contribution in [3.8, 4) is 0 Å². The standard InChI is InChI=1S/C16H19ClN2O4S/c1-12(16(21)19-8-10-24(22,23)11-9-19)18-15(20)7-4-13-2-5-14(17)6-3-13/h2-7,12H,8-11H2,1H3,(H,18,20). The van der Waals surface area contributed by atoms with E-state index in [-0.39, 0.29) is 30.5 Å². The number of nitrogens with one attached hydrogen (secondary N) is 1. The largest absolute Gasteiger partial charge is 0.341 e. The average molecular weight is 371 g/mol. The van der Waals surface area contributed by atoms with Gasteiger partial charge in [-0.25, -0.2) is 8.42 Å². The molecule has 8 heteroatoms. The van der Waals surface area contributed by atoms with Crippen LogP contribution < -0.4 is 5.32 Å². The predicted molar refractivity (Wildman–Crippen MR) is 93.3 cm³/mol. The molecule has 0 radical (unpaired) electrons. The maximum Gasteiger partial charge on any atom is 0.244 e. The summed E-state index contributed by atoms with van der Waals surface area (Å²) in [5.74, 6) is -0.736. The number of hydrogen-bond donors (Lipinski definition) is 1. The minimum Gasteiger partial charge on any atom is -0.341 e. The quantitative estimate of drug-likeness (QED) is 0.805. The highest BCUT2D eigenvalue weighted by Crippen LogP contribution is 2.10. The lowest BCUT2D eigenvalue weighted by Crippen LogP contribution is -2.51. The van der Waals surface area contributed by atoms with Gasteiger partial charge in [-0.05, 0) is 30.7 Å². The second-order valence-corrected chi connectivity index (χ2v) is 8.33. The third kappa shape index (κ3) is 5.35. The van der Waals surface area contributed by atoms with Crippen LogP contribution in [0.25, 0.3) is 6.08 Å². The number of carbonyl (C=O) groups excluding carboxylic acids is 2. The highest BCUT2D eigenvalue weighted by Gasteiger charge is 2.28. The SMILES string of the molecule is CC(NC(=O)C=Cc1ccc(Cl)cc1)C(=O)N1CCS(=O)(=O)CC1. The van der Waals surface area contributed by atoms with E-state index in [4.69, 9.17) is 11.6 Å². The number of benzene rings is 1. The molecule has 1 unspecified atom stereocenters. The summed E-state index contributed by atoms with van der Waals surface area (Å²) in [6.07, 6.45) is 2.96. The Hall–Kier alpha value is -1.86. The summed E-state index contributed by atoms with van der Waals surface area (Å²) in [5.41, 5.74) is 0.815. The maximum atomic E-state index is 12.2. The Labute approximate surface area is 146 Å². The number of nitrogens with zero attached hydrogens (tertiary/aromatic N) is 1. The highest BCUT2D eigenvalue weighted by molar-refractivity contribution is 7.91. The molecule has 0 bridgehead atoms. The first-order valence-electron chi connectivity index (χ1n) is 7.50. The zero-order valence-corrected chi connectivity index (χ0v) is 14.8. The topological polar surface area (TPSA) is 83.6 Å². The molecule has 1 aliphatic rings. The summed E-state index contributed by atoms with van der Waals surface area (Å²) < 4.78 is 22.8. The Morgan fingerprint density at radius 1 is 1.21 bits per heavy atom. The number of amides is 2. The van der Waals surface area contributed by atoms with Gasteiger partial charge in [-0.1, -0.05) is 23.7 Å². The van der Waals surface area contributed by atoms with E-state index in [2.05, 4.69) is 5.32 Å². The molecule has 130 valence electrons. The number of rotatable bonds is 4. The Kier molecular flexibility index (Phi) is 6.01. The van der Waals surface area contributed by atoms with Crippen molar-refractivity contribution < 1.29 is 18.0 Å². The van der Waals surface area contributed by atoms with Gasteiger partial charge < -0.3 is 10.2 Å². The molecule has 0 aliphatic carbocycles. The Balaban J connectivity index is 1.86. The molecule has 1 fully saturated rings. The van der Waals surface area contributed by atoms with E-state index in [0.29, 0.717) is 5.02 Å². The molecule has 1 aromatic rings. The Bertz CT molecular complexity index is 730. The molecule has 1 aliphatic heterocycles. The number of halogens is 1. The van der Waals surface area contributed by atoms with Crippen LogP contribution in [0.1, 0.15) is 12.5 Å². The van der Waals surface area contributed by atoms with Gasteiger partial charge >= 0.3 is 0 Å². The van der Waals surface area contributed by atoms with Crippen molar-refractivity contribution in [2.45, 2.75) is 13.0 Å². The van der Waals surface area contributed by atoms with E-state index >= 15 is 0 Å². The predicted octanol–water partition coefficient (Wildman–Crippen LogP) is 1.11. The molecule has 1 heterocycles. The minimum absolute atomic E-state index is 0.0319. The van der Waals surface area contributed by atoms with Gasteiger partial charge in [0.1, 0.15) is 6.04 Å². The summed E-state index contributed by atoms with van der Waals surface area (Å²) in [6, 6.07) is 6.27. The summed E-state index contributed by atoms with van der Waals surface area (Å²) in [4.78, 5) is 25.6. The number of carbonyl (C=O) groups is 2. The molecule has 1 aromatic carbocycles. The zero-order valence-electron chi connectivity index (χ0n) is 13.2. The molecule has 1 N–H and O–H groups in total. The van der Waals surface area contributed by atoms with Crippen LogP contribution in [-0.2, 0) is 19.4 Å². The van der Waals surface area contributed by atoms with Crippen molar-refractivity contribution in [3.05, 3.63) is 40.9 Å². The third-order valence-corrected chi connectivity index (χ3v) is 5.54. The van der Waals surface area contributed by atoms with E-state index in [1.54, 1.807) is 37.3 Å². The first-order chi connectivity index (χ1) is 11.3. The monoisotopic (exact) mass is 370 g/mol. The average Bonchev–Trinajstić information content (AvgIpc) is 2.53. The molecular formula is C16H19ClN2O4S. The lowest BCUT2D eigenvalue weighted by atomic mass is 10.2. The second kappa shape index (κ2) is 7.81. The smallest absolute Gasteiger partial charge is 0.244 e. The molecule has 2 amide bonds. The van der Waals surface area contributed by atoms with Gasteiger partial charge in [0.25, 0.3) is 0 Å². The lowest BCUT2D eigenvalue weighted by Gasteiger charge is -2.29. The van der Waals surface area contributed by atoms with Gasteiger partial charge in [0.05, 0.1) is 11.5 Å². The van der Waals surface area contributed by atoms with E-state index in [0.717, 1.165) is 5.56 Å². The number of hydrogen-bond acceptors (Lipinski definition) is 4. The first kappa shape index (κ1) is 18.5. The van der Waals surface area contributed by atoms with E-state index in [9.17, 15) is 18.0 Å². The summed E-state index contributed by atoms with van der Waals surface area (Å²) in [5, 5.41) is 3.20. The van der Waals surface area contributed by atoms with Crippen LogP contribution in [-0.4, -0.2) is 55.8 Å². The molecule has 0 aromatic heterocycles. The third-order valence-electron chi connectivity index (χ3n) is 3.68. The van der Waals surface area contributed by atoms with Crippen LogP contribution in [0.5, 0.6) is 0 Å². The van der Waals surface area contributed by atoms with Crippen molar-refractivity contribution in [3.63, 3.8) is 0 Å². The van der Waals surface area contributed by atoms with Gasteiger partial charge in [-0.3, -0.25) is 9.59 Å². The van der Waals surface area contributed by atoms with Crippen LogP contribution in [0.2, 0.25) is 5.02 Å². The van der Waals surface area contributed by atoms with Gasteiger partial charge in [-0.2, -0.15) is 0 Å². The first-order valence-corrected chi connectivity index (χ1v) is 9.70. The van der Waals surface area contributed by atoms with Gasteiger partial charge in [0, 0.05) is 24.2 Å². The second-order valence-electron chi connectivity index (χ2n) is 5.59. The van der Waals surface area contributed by atoms with E-state index in [1.165, 1.54) is 11.0 Å². The summed E-state index contributed by atoms with van der Waals surface area (Å²) in [6.45, 7) is 1.92. The molecule has 0 saturated carbocycles. The molecular weight excluding hydrogens is 352 g/mol. The summed E-state index contributed by atoms with van der Waals surface area (Å²) >= 11 is 5.79. The summed E-state index contributed by atoms with van der Waals surface area (Å²) in [7, 11) is -3.04. The number of sulfone groups is 1. The molecule has 24 heavy (non-hydrogen) atoms. The van der Waals surface area contributed by atoms with Crippen LogP contribution in [0.3, 0.4) is 0 Å². The van der Waals surface area contributed by atoms with Gasteiger partial charge in [0.15, 0.2) is 9.84 Å². The van der Waals surface area contributed by atoms with Gasteiger partial charge in [0.2, 0.25) is 11.8 Å². The van der Waals surface area contributed by atoms with Gasteiger partial charge in [-0.15, -0.1) is 0 Å². The maximum absolute atomic E-state index is 12.2. The van der Waals surface area contributed by atoms with E-state index in [1.807, 2.05) is 0 Å². The fourth-order valence-electron chi connectivity index (χ4n) is 2.28. The van der Waals surface area contributed by atoms with Crippen LogP contribution in [0, 0.1) is 0 Å². The molecule has 6 nitrogen and oxygen atoms in total. The lowest BCUT2D eigenvalue weighted by molar-refractivity contribution is -0.134. The molecule has 1 saturated heterocycles. The van der Waals surface area contributed by atoms with Crippen molar-refractivity contribution >= 4 is 39.3 Å². The molecule has 2 rings (SSSR count). The van der Waals surface area contributed by atoms with Crippen LogP contribution in [0.15, 0.2) is 30.3 Å². The fourth-order valence-corrected chi connectivity index (χ4v) is 3.60. The van der Waals surface area contributed by atoms with Crippen molar-refractivity contribution in [1.82, 2.24) is 10.2 Å². The minimum atomic E-state index is -3.04.